The van der Waals surface area contributed by atoms with Gasteiger partial charge in [0.25, 0.3) is 0 Å². The van der Waals surface area contributed by atoms with Crippen molar-refractivity contribution in [3.63, 3.8) is 0 Å². The Bertz CT molecular complexity index is 905. The monoisotopic (exact) mass is 336 g/mol. The predicted molar refractivity (Wildman–Crippen MR) is 102 cm³/mol. The van der Waals surface area contributed by atoms with Gasteiger partial charge in [-0.2, -0.15) is 0 Å². The summed E-state index contributed by atoms with van der Waals surface area (Å²) in [5.41, 5.74) is 12.8. The summed E-state index contributed by atoms with van der Waals surface area (Å²) < 4.78 is 0. The summed E-state index contributed by atoms with van der Waals surface area (Å²) in [6.45, 7) is 4.85. The first-order chi connectivity index (χ1) is 12.0. The van der Waals surface area contributed by atoms with Gasteiger partial charge in [-0.3, -0.25) is 0 Å². The number of fused-ring (bicyclic) bond motifs is 1. The van der Waals surface area contributed by atoms with Crippen LogP contribution in [0.15, 0.2) is 36.4 Å². The van der Waals surface area contributed by atoms with Crippen molar-refractivity contribution < 1.29 is 9.90 Å². The maximum atomic E-state index is 11.4. The third-order valence-corrected chi connectivity index (χ3v) is 4.54. The quantitative estimate of drug-likeness (QED) is 0.583. The minimum atomic E-state index is -0.899. The largest absolute Gasteiger partial charge is 0.478 e. The van der Waals surface area contributed by atoms with Crippen LogP contribution in [0.4, 0.5) is 0 Å². The van der Waals surface area contributed by atoms with Crippen molar-refractivity contribution in [3.05, 3.63) is 58.7 Å². The van der Waals surface area contributed by atoms with Gasteiger partial charge in [0, 0.05) is 16.6 Å². The van der Waals surface area contributed by atoms with Crippen molar-refractivity contribution in [3.8, 4) is 11.3 Å². The minimum absolute atomic E-state index is 0.318. The van der Waals surface area contributed by atoms with E-state index >= 15 is 0 Å². The van der Waals surface area contributed by atoms with Gasteiger partial charge in [0.1, 0.15) is 0 Å². The smallest absolute Gasteiger partial charge is 0.335 e. The number of aromatic nitrogens is 1. The molecule has 0 spiro atoms. The standard InChI is InChI=1S/C21H24N2O2/c1-13-9-14(2)11-16(10-13)20-17(5-3-4-8-22)18-12-15(21(24)25)6-7-19(18)23-20/h6-7,9-12,23H,3-5,8,22H2,1-2H3,(H,24,25). The van der Waals surface area contributed by atoms with Crippen LogP contribution in [0.3, 0.4) is 0 Å². The first-order valence-corrected chi connectivity index (χ1v) is 8.66. The fourth-order valence-corrected chi connectivity index (χ4v) is 3.45. The molecule has 4 nitrogen and oxygen atoms in total. The third-order valence-electron chi connectivity index (χ3n) is 4.54. The number of nitrogens with one attached hydrogen (secondary N) is 1. The highest BCUT2D eigenvalue weighted by molar-refractivity contribution is 5.97. The molecule has 0 aliphatic carbocycles. The highest BCUT2D eigenvalue weighted by Crippen LogP contribution is 2.33. The zero-order chi connectivity index (χ0) is 18.0. The minimum Gasteiger partial charge on any atom is -0.478 e. The summed E-state index contributed by atoms with van der Waals surface area (Å²) in [4.78, 5) is 14.9. The van der Waals surface area contributed by atoms with Gasteiger partial charge in [-0.05, 0) is 81.1 Å². The molecule has 2 aromatic carbocycles. The number of unbranched alkanes of at least 4 members (excludes halogenated alkanes) is 1. The Morgan fingerprint density at radius 1 is 1.08 bits per heavy atom. The van der Waals surface area contributed by atoms with Gasteiger partial charge < -0.3 is 15.8 Å². The van der Waals surface area contributed by atoms with Crippen molar-refractivity contribution in [2.45, 2.75) is 33.1 Å². The van der Waals surface area contributed by atoms with E-state index in [-0.39, 0.29) is 0 Å². The number of carboxylic acid groups (broad SMARTS) is 1. The van der Waals surface area contributed by atoms with Gasteiger partial charge in [-0.25, -0.2) is 4.79 Å². The second-order valence-corrected chi connectivity index (χ2v) is 6.67. The molecular formula is C21H24N2O2. The SMILES string of the molecule is Cc1cc(C)cc(-c2[nH]c3ccc(C(=O)O)cc3c2CCCCN)c1. The van der Waals surface area contributed by atoms with E-state index < -0.39 is 5.97 Å². The van der Waals surface area contributed by atoms with Gasteiger partial charge in [0.05, 0.1) is 5.56 Å². The van der Waals surface area contributed by atoms with E-state index in [1.54, 1.807) is 12.1 Å². The molecule has 4 N–H and O–H groups in total. The molecule has 0 fully saturated rings. The van der Waals surface area contributed by atoms with E-state index in [9.17, 15) is 9.90 Å². The first-order valence-electron chi connectivity index (χ1n) is 8.66. The molecule has 0 aliphatic heterocycles. The van der Waals surface area contributed by atoms with Crippen LogP contribution < -0.4 is 5.73 Å². The van der Waals surface area contributed by atoms with Crippen LogP contribution in [0.25, 0.3) is 22.2 Å². The number of benzene rings is 2. The highest BCUT2D eigenvalue weighted by Gasteiger charge is 2.15. The molecule has 1 aromatic heterocycles. The lowest BCUT2D eigenvalue weighted by molar-refractivity contribution is 0.0697. The van der Waals surface area contributed by atoms with Crippen LogP contribution in [0, 0.1) is 13.8 Å². The molecule has 25 heavy (non-hydrogen) atoms. The molecule has 130 valence electrons. The molecule has 0 saturated heterocycles. The number of aromatic amines is 1. The second kappa shape index (κ2) is 7.11. The van der Waals surface area contributed by atoms with Crippen molar-refractivity contribution in [2.75, 3.05) is 6.54 Å². The molecule has 0 unspecified atom stereocenters. The van der Waals surface area contributed by atoms with E-state index in [0.29, 0.717) is 12.1 Å². The van der Waals surface area contributed by atoms with Crippen LogP contribution in [-0.4, -0.2) is 22.6 Å². The number of carbonyl (C=O) groups is 1. The van der Waals surface area contributed by atoms with Crippen molar-refractivity contribution >= 4 is 16.9 Å². The molecule has 0 bridgehead atoms. The molecule has 0 radical (unpaired) electrons. The number of aryl methyl sites for hydroxylation is 3. The summed E-state index contributed by atoms with van der Waals surface area (Å²) >= 11 is 0. The number of rotatable bonds is 6. The fourth-order valence-electron chi connectivity index (χ4n) is 3.45. The number of H-pyrrole nitrogens is 1. The highest BCUT2D eigenvalue weighted by atomic mass is 16.4. The van der Waals surface area contributed by atoms with Crippen molar-refractivity contribution in [1.29, 1.82) is 0 Å². The summed E-state index contributed by atoms with van der Waals surface area (Å²) in [7, 11) is 0. The molecule has 0 atom stereocenters. The molecule has 1 heterocycles. The lowest BCUT2D eigenvalue weighted by Gasteiger charge is -2.08. The topological polar surface area (TPSA) is 79.1 Å². The molecule has 0 amide bonds. The molecule has 4 heteroatoms. The average molecular weight is 336 g/mol. The van der Waals surface area contributed by atoms with Crippen LogP contribution in [0.5, 0.6) is 0 Å². The van der Waals surface area contributed by atoms with Gasteiger partial charge >= 0.3 is 5.97 Å². The van der Waals surface area contributed by atoms with Crippen LogP contribution in [0.2, 0.25) is 0 Å². The van der Waals surface area contributed by atoms with Crippen LogP contribution >= 0.6 is 0 Å². The fraction of sp³-hybridized carbons (Fsp3) is 0.286. The summed E-state index contributed by atoms with van der Waals surface area (Å²) in [6.07, 6.45) is 2.82. The Kier molecular flexibility index (Phi) is 4.91. The van der Waals surface area contributed by atoms with Crippen LogP contribution in [0.1, 0.15) is 39.9 Å². The molecule has 3 rings (SSSR count). The normalized spacial score (nSPS) is 11.2. The number of hydrogen-bond donors (Lipinski definition) is 3. The van der Waals surface area contributed by atoms with Gasteiger partial charge in [0.15, 0.2) is 0 Å². The summed E-state index contributed by atoms with van der Waals surface area (Å²) in [5, 5.41) is 10.3. The Labute approximate surface area is 147 Å². The van der Waals surface area contributed by atoms with Gasteiger partial charge in [0.2, 0.25) is 0 Å². The number of carboxylic acids is 1. The summed E-state index contributed by atoms with van der Waals surface area (Å²) in [5.74, 6) is -0.899. The lowest BCUT2D eigenvalue weighted by Crippen LogP contribution is -1.99. The van der Waals surface area contributed by atoms with Gasteiger partial charge in [-0.15, -0.1) is 0 Å². The van der Waals surface area contributed by atoms with Crippen molar-refractivity contribution in [1.82, 2.24) is 4.98 Å². The first kappa shape index (κ1) is 17.2. The zero-order valence-electron chi connectivity index (χ0n) is 14.7. The Balaban J connectivity index is 2.18. The molecule has 0 saturated carbocycles. The van der Waals surface area contributed by atoms with E-state index in [1.807, 2.05) is 6.07 Å². The van der Waals surface area contributed by atoms with E-state index in [2.05, 4.69) is 37.0 Å². The van der Waals surface area contributed by atoms with Crippen molar-refractivity contribution in [2.24, 2.45) is 5.73 Å². The lowest BCUT2D eigenvalue weighted by atomic mass is 9.97. The Hall–Kier alpha value is -2.59. The number of hydrogen-bond acceptors (Lipinski definition) is 2. The zero-order valence-corrected chi connectivity index (χ0v) is 14.7. The Morgan fingerprint density at radius 2 is 1.80 bits per heavy atom. The van der Waals surface area contributed by atoms with E-state index in [0.717, 1.165) is 41.4 Å². The Morgan fingerprint density at radius 3 is 2.44 bits per heavy atom. The van der Waals surface area contributed by atoms with Crippen LogP contribution in [-0.2, 0) is 6.42 Å². The van der Waals surface area contributed by atoms with E-state index in [1.165, 1.54) is 16.7 Å². The van der Waals surface area contributed by atoms with Gasteiger partial charge in [-0.1, -0.05) is 17.2 Å². The maximum absolute atomic E-state index is 11.4. The average Bonchev–Trinajstić information content (AvgIpc) is 2.92. The number of aromatic carboxylic acids is 1. The predicted octanol–water partition coefficient (Wildman–Crippen LogP) is 4.43. The maximum Gasteiger partial charge on any atom is 0.335 e. The molecule has 0 aliphatic rings. The summed E-state index contributed by atoms with van der Waals surface area (Å²) in [6, 6.07) is 11.8. The second-order valence-electron chi connectivity index (χ2n) is 6.67. The number of nitrogens with two attached hydrogens (primary N) is 1. The molecular weight excluding hydrogens is 312 g/mol. The van der Waals surface area contributed by atoms with E-state index in [4.69, 9.17) is 5.73 Å². The third kappa shape index (κ3) is 3.59. The molecule has 3 aromatic rings.